The second-order valence-corrected chi connectivity index (χ2v) is 8.17. The molecule has 9 heteroatoms. The highest BCUT2D eigenvalue weighted by Crippen LogP contribution is 2.16. The molecule has 1 aromatic carbocycles. The monoisotopic (exact) mass is 550 g/mol. The van der Waals surface area contributed by atoms with Crippen LogP contribution in [0, 0.1) is 5.92 Å². The molecule has 0 amide bonds. The van der Waals surface area contributed by atoms with E-state index in [0.29, 0.717) is 12.5 Å². The van der Waals surface area contributed by atoms with E-state index >= 15 is 0 Å². The summed E-state index contributed by atoms with van der Waals surface area (Å²) in [6.45, 7) is 9.73. The van der Waals surface area contributed by atoms with E-state index in [9.17, 15) is 0 Å². The first-order valence-electron chi connectivity index (χ1n) is 9.76. The van der Waals surface area contributed by atoms with Crippen molar-refractivity contribution in [3.8, 4) is 0 Å². The molecule has 1 aromatic heterocycles. The molecule has 0 saturated heterocycles. The van der Waals surface area contributed by atoms with Gasteiger partial charge in [-0.2, -0.15) is 0 Å². The number of hydrogen-bond donors (Lipinski definition) is 2. The molecule has 0 aliphatic rings. The van der Waals surface area contributed by atoms with Crippen LogP contribution in [0.1, 0.15) is 38.6 Å². The minimum absolute atomic E-state index is 0. The minimum Gasteiger partial charge on any atom is -0.357 e. The van der Waals surface area contributed by atoms with E-state index in [4.69, 9.17) is 11.6 Å². The molecule has 0 atom stereocenters. The van der Waals surface area contributed by atoms with Gasteiger partial charge in [-0.15, -0.1) is 34.2 Å². The van der Waals surface area contributed by atoms with Gasteiger partial charge in [0.2, 0.25) is 0 Å². The summed E-state index contributed by atoms with van der Waals surface area (Å²) < 4.78 is 2.25. The van der Waals surface area contributed by atoms with Crippen LogP contribution in [0.5, 0.6) is 0 Å². The molecular weight excluding hydrogens is 519 g/mol. The summed E-state index contributed by atoms with van der Waals surface area (Å²) in [5, 5.41) is 17.1. The third-order valence-corrected chi connectivity index (χ3v) is 4.99. The molecule has 0 unspecified atom stereocenters. The van der Waals surface area contributed by atoms with Crippen LogP contribution in [0.15, 0.2) is 34.4 Å². The summed E-state index contributed by atoms with van der Waals surface area (Å²) in [7, 11) is 0. The molecule has 162 valence electrons. The number of nitrogens with one attached hydrogen (secondary N) is 2. The standard InChI is InChI=1S/C20H31ClN6S.HI/c1-5-22-19(24-13-16-8-10-17(21)11-9-16)23-12-6-7-18-25-26-20(28-4)27(18)14-15(2)3;/h8-11,15H,5-7,12-14H2,1-4H3,(H2,22,23,24);1H. The van der Waals surface area contributed by atoms with Crippen molar-refractivity contribution in [2.24, 2.45) is 10.9 Å². The highest BCUT2D eigenvalue weighted by atomic mass is 127. The molecule has 0 aliphatic heterocycles. The smallest absolute Gasteiger partial charge is 0.191 e. The largest absolute Gasteiger partial charge is 0.357 e. The van der Waals surface area contributed by atoms with Crippen molar-refractivity contribution in [3.05, 3.63) is 40.7 Å². The van der Waals surface area contributed by atoms with Crippen molar-refractivity contribution in [1.82, 2.24) is 25.4 Å². The number of hydrogen-bond acceptors (Lipinski definition) is 4. The fraction of sp³-hybridized carbons (Fsp3) is 0.550. The first kappa shape index (κ1) is 26.0. The van der Waals surface area contributed by atoms with E-state index in [1.807, 2.05) is 30.5 Å². The van der Waals surface area contributed by atoms with Gasteiger partial charge in [0.1, 0.15) is 5.82 Å². The van der Waals surface area contributed by atoms with Crippen molar-refractivity contribution in [1.29, 1.82) is 0 Å². The van der Waals surface area contributed by atoms with Crippen molar-refractivity contribution >= 4 is 53.3 Å². The summed E-state index contributed by atoms with van der Waals surface area (Å²) in [4.78, 5) is 4.65. The third kappa shape index (κ3) is 9.13. The molecule has 0 bridgehead atoms. The van der Waals surface area contributed by atoms with Crippen molar-refractivity contribution in [2.75, 3.05) is 19.3 Å². The maximum absolute atomic E-state index is 5.94. The van der Waals surface area contributed by atoms with Gasteiger partial charge in [-0.05, 0) is 43.2 Å². The molecule has 1 heterocycles. The van der Waals surface area contributed by atoms with Crippen LogP contribution in [0.25, 0.3) is 0 Å². The van der Waals surface area contributed by atoms with Gasteiger partial charge in [0, 0.05) is 31.1 Å². The van der Waals surface area contributed by atoms with Crippen LogP contribution in [0.2, 0.25) is 5.02 Å². The van der Waals surface area contributed by atoms with Gasteiger partial charge in [-0.25, -0.2) is 4.99 Å². The zero-order valence-electron chi connectivity index (χ0n) is 17.6. The predicted molar refractivity (Wildman–Crippen MR) is 135 cm³/mol. The Hall–Kier alpha value is -1.000. The van der Waals surface area contributed by atoms with Gasteiger partial charge in [0.15, 0.2) is 11.1 Å². The molecule has 0 spiro atoms. The zero-order chi connectivity index (χ0) is 20.4. The van der Waals surface area contributed by atoms with Crippen LogP contribution in [0.3, 0.4) is 0 Å². The molecule has 6 nitrogen and oxygen atoms in total. The van der Waals surface area contributed by atoms with E-state index in [2.05, 4.69) is 51.2 Å². The van der Waals surface area contributed by atoms with E-state index in [-0.39, 0.29) is 24.0 Å². The van der Waals surface area contributed by atoms with Gasteiger partial charge in [0.25, 0.3) is 0 Å². The van der Waals surface area contributed by atoms with E-state index < -0.39 is 0 Å². The topological polar surface area (TPSA) is 67.1 Å². The Balaban J connectivity index is 0.00000420. The number of benzene rings is 1. The Morgan fingerprint density at radius 1 is 1.21 bits per heavy atom. The Bertz CT molecular complexity index is 748. The van der Waals surface area contributed by atoms with E-state index in [0.717, 1.165) is 60.0 Å². The molecule has 0 fully saturated rings. The summed E-state index contributed by atoms with van der Waals surface area (Å²) >= 11 is 7.59. The summed E-state index contributed by atoms with van der Waals surface area (Å²) in [5.74, 6) is 2.45. The summed E-state index contributed by atoms with van der Waals surface area (Å²) in [5.41, 5.74) is 1.13. The average Bonchev–Trinajstić information content (AvgIpc) is 3.05. The third-order valence-electron chi connectivity index (χ3n) is 4.07. The van der Waals surface area contributed by atoms with Gasteiger partial charge in [-0.3, -0.25) is 0 Å². The van der Waals surface area contributed by atoms with Crippen LogP contribution in [-0.2, 0) is 19.5 Å². The number of halogens is 2. The van der Waals surface area contributed by atoms with Crippen LogP contribution in [0.4, 0.5) is 0 Å². The second-order valence-electron chi connectivity index (χ2n) is 6.96. The molecule has 0 aliphatic carbocycles. The Morgan fingerprint density at radius 3 is 2.55 bits per heavy atom. The normalized spacial score (nSPS) is 11.4. The SMILES string of the molecule is CCNC(=NCc1ccc(Cl)cc1)NCCCc1nnc(SC)n1CC(C)C.I. The summed E-state index contributed by atoms with van der Waals surface area (Å²) in [6, 6.07) is 7.78. The van der Waals surface area contributed by atoms with Crippen LogP contribution in [-0.4, -0.2) is 40.1 Å². The first-order chi connectivity index (χ1) is 13.5. The number of guanidine groups is 1. The lowest BCUT2D eigenvalue weighted by atomic mass is 10.2. The highest BCUT2D eigenvalue weighted by molar-refractivity contribution is 14.0. The molecule has 0 saturated carbocycles. The van der Waals surface area contributed by atoms with Gasteiger partial charge < -0.3 is 15.2 Å². The van der Waals surface area contributed by atoms with Crippen LogP contribution < -0.4 is 10.6 Å². The fourth-order valence-electron chi connectivity index (χ4n) is 2.76. The first-order valence-corrected chi connectivity index (χ1v) is 11.4. The molecule has 2 N–H and O–H groups in total. The molecule has 29 heavy (non-hydrogen) atoms. The lowest BCUT2D eigenvalue weighted by Crippen LogP contribution is -2.37. The van der Waals surface area contributed by atoms with E-state index in [1.54, 1.807) is 11.8 Å². The quantitative estimate of drug-likeness (QED) is 0.149. The predicted octanol–water partition coefficient (Wildman–Crippen LogP) is 4.62. The number of rotatable bonds is 10. The van der Waals surface area contributed by atoms with Crippen LogP contribution >= 0.6 is 47.3 Å². The maximum atomic E-state index is 5.94. The van der Waals surface area contributed by atoms with Crippen molar-refractivity contribution < 1.29 is 0 Å². The zero-order valence-corrected chi connectivity index (χ0v) is 21.5. The van der Waals surface area contributed by atoms with E-state index in [1.165, 1.54) is 0 Å². The van der Waals surface area contributed by atoms with Crippen molar-refractivity contribution in [2.45, 2.75) is 51.9 Å². The lowest BCUT2D eigenvalue weighted by Gasteiger charge is -2.13. The molecular formula is C20H32ClIN6S. The average molecular weight is 551 g/mol. The number of aryl methyl sites for hydroxylation is 1. The second kappa shape index (κ2) is 14.1. The number of nitrogens with zero attached hydrogens (tertiary/aromatic N) is 4. The number of aliphatic imine (C=N–C) groups is 1. The fourth-order valence-corrected chi connectivity index (χ4v) is 3.41. The highest BCUT2D eigenvalue weighted by Gasteiger charge is 2.12. The van der Waals surface area contributed by atoms with Gasteiger partial charge in [-0.1, -0.05) is 49.3 Å². The van der Waals surface area contributed by atoms with Gasteiger partial charge in [0.05, 0.1) is 6.54 Å². The maximum Gasteiger partial charge on any atom is 0.191 e. The van der Waals surface area contributed by atoms with Crippen molar-refractivity contribution in [3.63, 3.8) is 0 Å². The lowest BCUT2D eigenvalue weighted by molar-refractivity contribution is 0.477. The Morgan fingerprint density at radius 2 is 1.93 bits per heavy atom. The molecule has 0 radical (unpaired) electrons. The number of thioether (sulfide) groups is 1. The minimum atomic E-state index is 0. The number of aromatic nitrogens is 3. The Labute approximate surface area is 200 Å². The Kier molecular flexibility index (Phi) is 12.6. The molecule has 2 aromatic rings. The summed E-state index contributed by atoms with van der Waals surface area (Å²) in [6.07, 6.45) is 3.91. The molecule has 2 rings (SSSR count). The van der Waals surface area contributed by atoms with Gasteiger partial charge >= 0.3 is 0 Å².